The minimum Gasteiger partial charge on any atom is -0.288 e. The van der Waals surface area contributed by atoms with Crippen molar-refractivity contribution in [2.45, 2.75) is 26.3 Å². The second-order valence-electron chi connectivity index (χ2n) is 3.23. The smallest absolute Gasteiger partial charge is 0.0614 e. The van der Waals surface area contributed by atoms with E-state index in [9.17, 15) is 0 Å². The van der Waals surface area contributed by atoms with Crippen LogP contribution in [0.1, 0.15) is 20.8 Å². The molecule has 0 spiro atoms. The maximum atomic E-state index is 5.13. The Hall–Kier alpha value is -0.120. The highest BCUT2D eigenvalue weighted by molar-refractivity contribution is 4.70. The molecule has 0 fully saturated rings. The van der Waals surface area contributed by atoms with E-state index in [1.54, 1.807) is 0 Å². The molecule has 0 bridgehead atoms. The highest BCUT2D eigenvalue weighted by Crippen LogP contribution is 2.07. The molecular weight excluding hydrogens is 114 g/mol. The van der Waals surface area contributed by atoms with E-state index in [2.05, 4.69) is 31.1 Å². The lowest BCUT2D eigenvalue weighted by Crippen LogP contribution is -2.45. The van der Waals surface area contributed by atoms with Crippen LogP contribution in [0.15, 0.2) is 0 Å². The lowest BCUT2D eigenvalue weighted by molar-refractivity contribution is 0.163. The Kier molecular flexibility index (Phi) is 3.11. The lowest BCUT2D eigenvalue weighted by Gasteiger charge is -2.31. The molecule has 0 amide bonds. The van der Waals surface area contributed by atoms with E-state index in [1.165, 1.54) is 0 Å². The monoisotopic (exact) mass is 131 g/mol. The second kappa shape index (κ2) is 3.15. The Morgan fingerprint density at radius 2 is 1.89 bits per heavy atom. The van der Waals surface area contributed by atoms with Crippen molar-refractivity contribution < 1.29 is 0 Å². The summed E-state index contributed by atoms with van der Waals surface area (Å²) in [6.07, 6.45) is 0. The number of hydrazine groups is 1. The third-order valence-electron chi connectivity index (χ3n) is 1.47. The summed E-state index contributed by atoms with van der Waals surface area (Å²) < 4.78 is 0. The lowest BCUT2D eigenvalue weighted by atomic mass is 10.1. The van der Waals surface area contributed by atoms with E-state index in [1.807, 2.05) is 7.05 Å². The molecule has 3 nitrogen and oxygen atoms in total. The van der Waals surface area contributed by atoms with Gasteiger partial charge in [-0.1, -0.05) is 0 Å². The molecule has 0 saturated heterocycles. The molecule has 9 heavy (non-hydrogen) atoms. The molecule has 56 valence electrons. The van der Waals surface area contributed by atoms with Crippen LogP contribution in [0.2, 0.25) is 0 Å². The number of rotatable bonds is 2. The van der Waals surface area contributed by atoms with Crippen LogP contribution in [-0.2, 0) is 0 Å². The number of hydrogen-bond acceptors (Lipinski definition) is 3. The predicted octanol–water partition coefficient (Wildman–Crippen LogP) is 0.137. The van der Waals surface area contributed by atoms with Crippen LogP contribution in [0.25, 0.3) is 0 Å². The highest BCUT2D eigenvalue weighted by atomic mass is 15.3. The van der Waals surface area contributed by atoms with Gasteiger partial charge in [-0.2, -0.15) is 0 Å². The van der Waals surface area contributed by atoms with Crippen molar-refractivity contribution in [3.8, 4) is 0 Å². The van der Waals surface area contributed by atoms with Crippen molar-refractivity contribution in [3.63, 3.8) is 0 Å². The molecule has 0 aliphatic rings. The Morgan fingerprint density at radius 1 is 1.44 bits per heavy atom. The first-order valence-corrected chi connectivity index (χ1v) is 3.13. The van der Waals surface area contributed by atoms with Crippen LogP contribution >= 0.6 is 0 Å². The van der Waals surface area contributed by atoms with Crippen molar-refractivity contribution in [2.24, 2.45) is 5.84 Å². The van der Waals surface area contributed by atoms with Gasteiger partial charge in [0, 0.05) is 5.54 Å². The Morgan fingerprint density at radius 3 is 2.00 bits per heavy atom. The van der Waals surface area contributed by atoms with Gasteiger partial charge in [0.25, 0.3) is 0 Å². The van der Waals surface area contributed by atoms with Crippen molar-refractivity contribution in [3.05, 3.63) is 0 Å². The van der Waals surface area contributed by atoms with Gasteiger partial charge in [0.15, 0.2) is 0 Å². The van der Waals surface area contributed by atoms with Gasteiger partial charge in [-0.25, -0.2) is 5.43 Å². The molecule has 3 N–H and O–H groups in total. The summed E-state index contributed by atoms with van der Waals surface area (Å²) in [6, 6.07) is 0. The Bertz CT molecular complexity index is 74.9. The summed E-state index contributed by atoms with van der Waals surface area (Å²) in [4.78, 5) is 2.13. The van der Waals surface area contributed by atoms with Crippen LogP contribution in [-0.4, -0.2) is 24.2 Å². The number of nitrogens with zero attached hydrogens (tertiary/aromatic N) is 1. The first-order chi connectivity index (χ1) is 3.98. The molecule has 0 aliphatic heterocycles. The van der Waals surface area contributed by atoms with Gasteiger partial charge in [-0.15, -0.1) is 0 Å². The molecule has 0 aromatic heterocycles. The molecule has 0 aromatic rings. The van der Waals surface area contributed by atoms with Gasteiger partial charge < -0.3 is 0 Å². The predicted molar refractivity (Wildman–Crippen MR) is 39.7 cm³/mol. The van der Waals surface area contributed by atoms with Crippen LogP contribution < -0.4 is 11.3 Å². The van der Waals surface area contributed by atoms with E-state index in [0.717, 1.165) is 6.67 Å². The van der Waals surface area contributed by atoms with Gasteiger partial charge >= 0.3 is 0 Å². The van der Waals surface area contributed by atoms with Gasteiger partial charge in [-0.3, -0.25) is 10.7 Å². The molecule has 0 rings (SSSR count). The highest BCUT2D eigenvalue weighted by Gasteiger charge is 2.14. The van der Waals surface area contributed by atoms with E-state index in [0.29, 0.717) is 0 Å². The van der Waals surface area contributed by atoms with E-state index < -0.39 is 0 Å². The normalized spacial score (nSPS) is 12.7. The molecule has 3 heteroatoms. The van der Waals surface area contributed by atoms with Crippen LogP contribution in [0, 0.1) is 0 Å². The largest absolute Gasteiger partial charge is 0.288 e. The van der Waals surface area contributed by atoms with Crippen LogP contribution in [0.3, 0.4) is 0 Å². The fraction of sp³-hybridized carbons (Fsp3) is 1.00. The van der Waals surface area contributed by atoms with Crippen molar-refractivity contribution in [1.82, 2.24) is 10.3 Å². The third-order valence-corrected chi connectivity index (χ3v) is 1.47. The minimum atomic E-state index is 0.201. The van der Waals surface area contributed by atoms with Gasteiger partial charge in [0.1, 0.15) is 0 Å². The zero-order chi connectivity index (χ0) is 7.49. The van der Waals surface area contributed by atoms with Crippen molar-refractivity contribution in [1.29, 1.82) is 0 Å². The molecule has 0 atom stereocenters. The standard InChI is InChI=1S/C6H17N3/c1-6(2,3)9(4)5-8-7/h8H,5,7H2,1-4H3. The molecule has 0 unspecified atom stereocenters. The zero-order valence-corrected chi connectivity index (χ0v) is 6.73. The first kappa shape index (κ1) is 8.88. The third kappa shape index (κ3) is 3.46. The van der Waals surface area contributed by atoms with E-state index in [4.69, 9.17) is 5.84 Å². The maximum absolute atomic E-state index is 5.13. The van der Waals surface area contributed by atoms with Gasteiger partial charge in [-0.05, 0) is 27.8 Å². The average molecular weight is 131 g/mol. The summed E-state index contributed by atoms with van der Waals surface area (Å²) >= 11 is 0. The molecule has 0 heterocycles. The summed E-state index contributed by atoms with van der Waals surface area (Å²) in [5, 5.41) is 0. The van der Waals surface area contributed by atoms with Crippen LogP contribution in [0.4, 0.5) is 0 Å². The minimum absolute atomic E-state index is 0.201. The van der Waals surface area contributed by atoms with E-state index in [-0.39, 0.29) is 5.54 Å². The quantitative estimate of drug-likeness (QED) is 0.318. The van der Waals surface area contributed by atoms with Crippen LogP contribution in [0.5, 0.6) is 0 Å². The SMILES string of the molecule is CN(CNN)C(C)(C)C. The summed E-state index contributed by atoms with van der Waals surface area (Å²) in [5.41, 5.74) is 2.80. The molecule has 0 saturated carbocycles. The van der Waals surface area contributed by atoms with E-state index >= 15 is 0 Å². The topological polar surface area (TPSA) is 41.3 Å². The molecule has 0 aliphatic carbocycles. The zero-order valence-electron chi connectivity index (χ0n) is 6.73. The van der Waals surface area contributed by atoms with Crippen molar-refractivity contribution >= 4 is 0 Å². The fourth-order valence-electron chi connectivity index (χ4n) is 0.374. The second-order valence-corrected chi connectivity index (χ2v) is 3.23. The Balaban J connectivity index is 3.59. The summed E-state index contributed by atoms with van der Waals surface area (Å²) in [5.74, 6) is 5.13. The Labute approximate surface area is 57.2 Å². The molecule has 0 aromatic carbocycles. The number of nitrogens with two attached hydrogens (primary N) is 1. The first-order valence-electron chi connectivity index (χ1n) is 3.13. The summed E-state index contributed by atoms with van der Waals surface area (Å²) in [6.45, 7) is 7.16. The maximum Gasteiger partial charge on any atom is 0.0614 e. The molecule has 0 radical (unpaired) electrons. The fourth-order valence-corrected chi connectivity index (χ4v) is 0.374. The number of nitrogens with one attached hydrogen (secondary N) is 1. The average Bonchev–Trinajstić information content (AvgIpc) is 1.64. The van der Waals surface area contributed by atoms with Gasteiger partial charge in [0.05, 0.1) is 6.67 Å². The van der Waals surface area contributed by atoms with Crippen molar-refractivity contribution in [2.75, 3.05) is 13.7 Å². The molecular formula is C6H17N3. The van der Waals surface area contributed by atoms with Gasteiger partial charge in [0.2, 0.25) is 0 Å². The summed E-state index contributed by atoms with van der Waals surface area (Å²) in [7, 11) is 2.03. The number of hydrogen-bond donors (Lipinski definition) is 2.